The summed E-state index contributed by atoms with van der Waals surface area (Å²) in [6, 6.07) is 19.1. The number of carbonyl (C=O) groups excluding carboxylic acids is 1. The van der Waals surface area contributed by atoms with Gasteiger partial charge in [0.05, 0.1) is 7.14 Å². The van der Waals surface area contributed by atoms with Crippen molar-refractivity contribution in [2.45, 2.75) is 13.0 Å². The summed E-state index contributed by atoms with van der Waals surface area (Å²) < 4.78 is 7.73. The summed E-state index contributed by atoms with van der Waals surface area (Å²) in [6.45, 7) is 0.717. The van der Waals surface area contributed by atoms with Crippen molar-refractivity contribution in [3.63, 3.8) is 0 Å². The number of hydrogen-bond acceptors (Lipinski definition) is 3. The van der Waals surface area contributed by atoms with E-state index in [2.05, 4.69) is 55.5 Å². The van der Waals surface area contributed by atoms with E-state index in [1.165, 1.54) is 0 Å². The van der Waals surface area contributed by atoms with Gasteiger partial charge in [0.2, 0.25) is 0 Å². The minimum absolute atomic E-state index is 0.0436. The molecular weight excluding hydrogens is 723 g/mol. The summed E-state index contributed by atoms with van der Waals surface area (Å²) in [5, 5.41) is 14.7. The van der Waals surface area contributed by atoms with E-state index in [9.17, 15) is 10.1 Å². The highest BCUT2D eigenvalue weighted by Crippen LogP contribution is 2.31. The molecule has 1 heterocycles. The van der Waals surface area contributed by atoms with Crippen LogP contribution in [0.5, 0.6) is 5.75 Å². The monoisotopic (exact) mass is 741 g/mol. The summed E-state index contributed by atoms with van der Waals surface area (Å²) in [5.41, 5.74) is 3.79. The van der Waals surface area contributed by atoms with Gasteiger partial charge in [0.15, 0.2) is 0 Å². The third-order valence-corrected chi connectivity index (χ3v) is 7.63. The van der Waals surface area contributed by atoms with Crippen LogP contribution in [0.2, 0.25) is 10.0 Å². The lowest BCUT2D eigenvalue weighted by Gasteiger charge is -2.13. The fourth-order valence-electron chi connectivity index (χ4n) is 3.65. The number of hydrogen-bond donors (Lipinski definition) is 2. The topological polar surface area (TPSA) is 77.9 Å². The maximum atomic E-state index is 12.7. The second-order valence-electron chi connectivity index (χ2n) is 7.87. The summed E-state index contributed by atoms with van der Waals surface area (Å²) in [5.74, 6) is 0.307. The minimum atomic E-state index is -0.403. The van der Waals surface area contributed by atoms with Gasteiger partial charge in [0.25, 0.3) is 5.91 Å². The summed E-state index contributed by atoms with van der Waals surface area (Å²) >= 11 is 16.6. The maximum Gasteiger partial charge on any atom is 0.261 e. The van der Waals surface area contributed by atoms with Crippen LogP contribution in [0.4, 0.5) is 0 Å². The van der Waals surface area contributed by atoms with Crippen molar-refractivity contribution in [1.82, 2.24) is 10.3 Å². The van der Waals surface area contributed by atoms with Gasteiger partial charge >= 0.3 is 0 Å². The van der Waals surface area contributed by atoms with Gasteiger partial charge in [-0.15, -0.1) is 0 Å². The molecule has 0 aliphatic heterocycles. The SMILES string of the molecule is N#C/C(=C/c1cc(I)c(OCc2ccc(Cl)cc2Cl)c(I)c1)C(=O)NCCc1c[nH]c2ccccc12. The number of ether oxygens (including phenoxy) is 1. The third kappa shape index (κ3) is 6.54. The summed E-state index contributed by atoms with van der Waals surface area (Å²) in [7, 11) is 0. The van der Waals surface area contributed by atoms with Crippen LogP contribution in [-0.2, 0) is 17.8 Å². The number of nitrogens with zero attached hydrogens (tertiary/aromatic N) is 1. The lowest BCUT2D eigenvalue weighted by molar-refractivity contribution is -0.117. The van der Waals surface area contributed by atoms with Gasteiger partial charge in [-0.25, -0.2) is 0 Å². The van der Waals surface area contributed by atoms with Crippen molar-refractivity contribution in [2.24, 2.45) is 0 Å². The number of aromatic nitrogens is 1. The Morgan fingerprint density at radius 3 is 2.56 bits per heavy atom. The van der Waals surface area contributed by atoms with Crippen LogP contribution < -0.4 is 10.1 Å². The Balaban J connectivity index is 1.41. The van der Waals surface area contributed by atoms with Crippen LogP contribution in [-0.4, -0.2) is 17.4 Å². The number of halogens is 4. The lowest BCUT2D eigenvalue weighted by atomic mass is 10.1. The van der Waals surface area contributed by atoms with Crippen LogP contribution in [0.1, 0.15) is 16.7 Å². The smallest absolute Gasteiger partial charge is 0.261 e. The number of fused-ring (bicyclic) bond motifs is 1. The number of aromatic amines is 1. The average Bonchev–Trinajstić information content (AvgIpc) is 3.26. The molecule has 1 aromatic heterocycles. The van der Waals surface area contributed by atoms with E-state index in [4.69, 9.17) is 27.9 Å². The van der Waals surface area contributed by atoms with Crippen LogP contribution >= 0.6 is 68.4 Å². The number of carbonyl (C=O) groups is 1. The molecule has 4 aromatic rings. The molecule has 4 rings (SSSR count). The van der Waals surface area contributed by atoms with Gasteiger partial charge in [0, 0.05) is 39.3 Å². The first kappa shape index (κ1) is 26.8. The van der Waals surface area contributed by atoms with E-state index in [0.29, 0.717) is 35.4 Å². The molecule has 0 saturated heterocycles. The fourth-order valence-corrected chi connectivity index (χ4v) is 6.24. The molecule has 0 bridgehead atoms. The number of rotatable bonds is 8. The molecule has 9 heteroatoms. The standard InChI is InChI=1S/C27H19Cl2I2N3O2/c28-20-6-5-18(22(29)12-20)15-36-26-23(30)10-16(11-24(26)31)9-19(13-32)27(35)33-8-7-17-14-34-25-4-2-1-3-21(17)25/h1-6,9-12,14,34H,7-8,15H2,(H,33,35)/b19-9-. The van der Waals surface area contributed by atoms with Crippen molar-refractivity contribution in [3.8, 4) is 11.8 Å². The molecule has 5 nitrogen and oxygen atoms in total. The largest absolute Gasteiger partial charge is 0.487 e. The van der Waals surface area contributed by atoms with Gasteiger partial charge in [-0.05, 0) is 99.1 Å². The zero-order valence-corrected chi connectivity index (χ0v) is 24.6. The Morgan fingerprint density at radius 1 is 1.08 bits per heavy atom. The van der Waals surface area contributed by atoms with Crippen molar-refractivity contribution in [1.29, 1.82) is 5.26 Å². The first-order chi connectivity index (χ1) is 17.4. The molecular formula is C27H19Cl2I2N3O2. The highest BCUT2D eigenvalue weighted by molar-refractivity contribution is 14.1. The van der Waals surface area contributed by atoms with Crippen molar-refractivity contribution in [3.05, 3.63) is 100 Å². The predicted octanol–water partition coefficient (Wildman–Crippen LogP) is 7.53. The number of nitrogens with one attached hydrogen (secondary N) is 2. The molecule has 0 fully saturated rings. The quantitative estimate of drug-likeness (QED) is 0.111. The van der Waals surface area contributed by atoms with E-state index >= 15 is 0 Å². The van der Waals surface area contributed by atoms with Crippen molar-refractivity contribution >= 4 is 91.3 Å². The molecule has 182 valence electrons. The van der Waals surface area contributed by atoms with Crippen molar-refractivity contribution < 1.29 is 9.53 Å². The van der Waals surface area contributed by atoms with Gasteiger partial charge in [0.1, 0.15) is 24.0 Å². The number of amides is 1. The normalized spacial score (nSPS) is 11.4. The zero-order chi connectivity index (χ0) is 25.7. The van der Waals surface area contributed by atoms with Gasteiger partial charge in [-0.3, -0.25) is 4.79 Å². The molecule has 0 unspecified atom stereocenters. The molecule has 0 radical (unpaired) electrons. The number of H-pyrrole nitrogens is 1. The van der Waals surface area contributed by atoms with Crippen molar-refractivity contribution in [2.75, 3.05) is 6.54 Å². The van der Waals surface area contributed by atoms with Crippen LogP contribution in [0.3, 0.4) is 0 Å². The number of benzene rings is 3. The van der Waals surface area contributed by atoms with Crippen LogP contribution in [0.15, 0.2) is 66.4 Å². The first-order valence-electron chi connectivity index (χ1n) is 10.9. The molecule has 0 saturated carbocycles. The van der Waals surface area contributed by atoms with Crippen LogP contribution in [0, 0.1) is 18.5 Å². The Morgan fingerprint density at radius 2 is 1.83 bits per heavy atom. The maximum absolute atomic E-state index is 12.7. The summed E-state index contributed by atoms with van der Waals surface area (Å²) in [4.78, 5) is 15.9. The second kappa shape index (κ2) is 12.3. The molecule has 36 heavy (non-hydrogen) atoms. The minimum Gasteiger partial charge on any atom is -0.487 e. The van der Waals surface area contributed by atoms with E-state index in [1.54, 1.807) is 18.2 Å². The van der Waals surface area contributed by atoms with Gasteiger partial charge in [-0.1, -0.05) is 47.5 Å². The molecule has 0 spiro atoms. The van der Waals surface area contributed by atoms with Gasteiger partial charge < -0.3 is 15.0 Å². The Hall–Kier alpha value is -2.26. The Bertz CT molecular complexity index is 1490. The van der Waals surface area contributed by atoms with E-state index in [0.717, 1.165) is 34.7 Å². The number of para-hydroxylation sites is 1. The Kier molecular flexibility index (Phi) is 9.17. The van der Waals surface area contributed by atoms with E-state index < -0.39 is 5.91 Å². The highest BCUT2D eigenvalue weighted by Gasteiger charge is 2.13. The molecule has 0 atom stereocenters. The molecule has 0 aliphatic rings. The number of nitriles is 1. The third-order valence-electron chi connectivity index (χ3n) is 5.44. The highest BCUT2D eigenvalue weighted by atomic mass is 127. The second-order valence-corrected chi connectivity index (χ2v) is 11.0. The van der Waals surface area contributed by atoms with E-state index in [1.807, 2.05) is 54.7 Å². The predicted molar refractivity (Wildman–Crippen MR) is 161 cm³/mol. The fraction of sp³-hybridized carbons (Fsp3) is 0.111. The van der Waals surface area contributed by atoms with Gasteiger partial charge in [-0.2, -0.15) is 5.26 Å². The van der Waals surface area contributed by atoms with E-state index in [-0.39, 0.29) is 5.57 Å². The molecule has 3 aromatic carbocycles. The zero-order valence-electron chi connectivity index (χ0n) is 18.7. The van der Waals surface area contributed by atoms with Crippen LogP contribution in [0.25, 0.3) is 17.0 Å². The Labute approximate surface area is 246 Å². The molecule has 0 aliphatic carbocycles. The molecule has 2 N–H and O–H groups in total. The first-order valence-corrected chi connectivity index (χ1v) is 13.8. The summed E-state index contributed by atoms with van der Waals surface area (Å²) in [6.07, 6.45) is 4.20. The average molecular weight is 742 g/mol. The lowest BCUT2D eigenvalue weighted by Crippen LogP contribution is -2.26. The molecule has 1 amide bonds.